The maximum Gasteiger partial charge on any atom is 0.226 e. The van der Waals surface area contributed by atoms with Crippen LogP contribution in [-0.2, 0) is 11.3 Å². The monoisotopic (exact) mass is 247 g/mol. The zero-order valence-electron chi connectivity index (χ0n) is 9.77. The van der Waals surface area contributed by atoms with Gasteiger partial charge in [0.2, 0.25) is 5.91 Å². The van der Waals surface area contributed by atoms with E-state index in [-0.39, 0.29) is 24.2 Å². The van der Waals surface area contributed by atoms with Crippen molar-refractivity contribution in [2.45, 2.75) is 13.5 Å². The van der Waals surface area contributed by atoms with E-state index in [1.165, 1.54) is 6.26 Å². The molecule has 1 atom stereocenters. The highest BCUT2D eigenvalue weighted by Gasteiger charge is 2.17. The van der Waals surface area contributed by atoms with E-state index in [4.69, 9.17) is 4.52 Å². The molecule has 5 nitrogen and oxygen atoms in total. The minimum absolute atomic E-state index is 0. The molecule has 0 aromatic carbocycles. The van der Waals surface area contributed by atoms with Crippen molar-refractivity contribution in [1.29, 1.82) is 0 Å². The highest BCUT2D eigenvalue weighted by Crippen LogP contribution is 2.04. The summed E-state index contributed by atoms with van der Waals surface area (Å²) >= 11 is 0. The summed E-state index contributed by atoms with van der Waals surface area (Å²) in [7, 11) is 3.60. The molecule has 0 aliphatic carbocycles. The minimum atomic E-state index is -0.0214. The molecule has 0 radical (unpaired) electrons. The van der Waals surface area contributed by atoms with Crippen LogP contribution in [0.15, 0.2) is 16.9 Å². The van der Waals surface area contributed by atoms with Gasteiger partial charge in [0.25, 0.3) is 0 Å². The molecule has 1 rings (SSSR count). The maximum absolute atomic E-state index is 11.8. The summed E-state index contributed by atoms with van der Waals surface area (Å²) in [5.41, 5.74) is 0.766. The van der Waals surface area contributed by atoms with Crippen LogP contribution < -0.4 is 5.32 Å². The van der Waals surface area contributed by atoms with E-state index < -0.39 is 0 Å². The van der Waals surface area contributed by atoms with Crippen molar-refractivity contribution in [3.63, 3.8) is 0 Å². The van der Waals surface area contributed by atoms with Crippen LogP contribution in [0.5, 0.6) is 0 Å². The van der Waals surface area contributed by atoms with E-state index in [1.807, 2.05) is 14.0 Å². The lowest BCUT2D eigenvalue weighted by Crippen LogP contribution is -2.35. The molecule has 0 aliphatic heterocycles. The summed E-state index contributed by atoms with van der Waals surface area (Å²) in [6.07, 6.45) is 1.50. The smallest absolute Gasteiger partial charge is 0.226 e. The number of amides is 1. The molecular formula is C10H18ClN3O2. The van der Waals surface area contributed by atoms with E-state index in [0.717, 1.165) is 5.69 Å². The predicted molar refractivity (Wildman–Crippen MR) is 63.3 cm³/mol. The number of hydrogen-bond acceptors (Lipinski definition) is 4. The van der Waals surface area contributed by atoms with Crippen molar-refractivity contribution in [2.24, 2.45) is 5.92 Å². The van der Waals surface area contributed by atoms with E-state index >= 15 is 0 Å². The second kappa shape index (κ2) is 7.24. The van der Waals surface area contributed by atoms with Gasteiger partial charge in [-0.05, 0) is 7.05 Å². The zero-order chi connectivity index (χ0) is 11.3. The molecular weight excluding hydrogens is 230 g/mol. The highest BCUT2D eigenvalue weighted by molar-refractivity contribution is 5.85. The van der Waals surface area contributed by atoms with Crippen LogP contribution in [0.2, 0.25) is 0 Å². The summed E-state index contributed by atoms with van der Waals surface area (Å²) in [6, 6.07) is 1.76. The van der Waals surface area contributed by atoms with Crippen molar-refractivity contribution in [3.8, 4) is 0 Å². The topological polar surface area (TPSA) is 58.4 Å². The first-order valence-corrected chi connectivity index (χ1v) is 4.94. The number of halogens is 1. The summed E-state index contributed by atoms with van der Waals surface area (Å²) in [5.74, 6) is 0.0826. The Morgan fingerprint density at radius 1 is 1.69 bits per heavy atom. The van der Waals surface area contributed by atoms with Gasteiger partial charge in [-0.2, -0.15) is 0 Å². The van der Waals surface area contributed by atoms with E-state index in [0.29, 0.717) is 13.1 Å². The van der Waals surface area contributed by atoms with E-state index in [2.05, 4.69) is 10.5 Å². The molecule has 6 heteroatoms. The third kappa shape index (κ3) is 4.20. The van der Waals surface area contributed by atoms with Crippen LogP contribution in [0.4, 0.5) is 0 Å². The van der Waals surface area contributed by atoms with Gasteiger partial charge in [0.15, 0.2) is 0 Å². The first-order chi connectivity index (χ1) is 7.15. The Morgan fingerprint density at radius 3 is 2.88 bits per heavy atom. The largest absolute Gasteiger partial charge is 0.364 e. The Balaban J connectivity index is 0.00000225. The van der Waals surface area contributed by atoms with Gasteiger partial charge >= 0.3 is 0 Å². The lowest BCUT2D eigenvalue weighted by molar-refractivity contribution is -0.134. The second-order valence-electron chi connectivity index (χ2n) is 3.64. The molecule has 0 bridgehead atoms. The van der Waals surface area contributed by atoms with Gasteiger partial charge < -0.3 is 14.7 Å². The Kier molecular flexibility index (Phi) is 6.76. The van der Waals surface area contributed by atoms with E-state index in [9.17, 15) is 4.79 Å². The number of nitrogens with zero attached hydrogens (tertiary/aromatic N) is 2. The fourth-order valence-corrected chi connectivity index (χ4v) is 1.41. The number of hydrogen-bond donors (Lipinski definition) is 1. The predicted octanol–water partition coefficient (Wildman–Crippen LogP) is 0.910. The van der Waals surface area contributed by atoms with Crippen LogP contribution in [0.25, 0.3) is 0 Å². The number of rotatable bonds is 5. The summed E-state index contributed by atoms with van der Waals surface area (Å²) in [6.45, 7) is 3.07. The molecule has 0 aliphatic rings. The lowest BCUT2D eigenvalue weighted by Gasteiger charge is -2.19. The Bertz CT molecular complexity index is 303. The molecule has 0 spiro atoms. The van der Waals surface area contributed by atoms with Crippen LogP contribution in [-0.4, -0.2) is 36.6 Å². The van der Waals surface area contributed by atoms with Crippen LogP contribution in [0.3, 0.4) is 0 Å². The first kappa shape index (κ1) is 14.9. The molecule has 1 heterocycles. The van der Waals surface area contributed by atoms with Crippen LogP contribution in [0, 0.1) is 5.92 Å². The molecule has 1 aromatic rings. The Hall–Kier alpha value is -1.07. The lowest BCUT2D eigenvalue weighted by atomic mass is 10.1. The molecule has 1 N–H and O–H groups in total. The Morgan fingerprint density at radius 2 is 2.38 bits per heavy atom. The third-order valence-corrected chi connectivity index (χ3v) is 2.20. The van der Waals surface area contributed by atoms with Crippen molar-refractivity contribution < 1.29 is 9.32 Å². The van der Waals surface area contributed by atoms with Crippen molar-refractivity contribution in [1.82, 2.24) is 15.4 Å². The summed E-state index contributed by atoms with van der Waals surface area (Å²) < 4.78 is 4.70. The number of nitrogens with one attached hydrogen (secondary N) is 1. The van der Waals surface area contributed by atoms with E-state index in [1.54, 1.807) is 18.0 Å². The fraction of sp³-hybridized carbons (Fsp3) is 0.600. The summed E-state index contributed by atoms with van der Waals surface area (Å²) in [4.78, 5) is 13.4. The standard InChI is InChI=1S/C10H17N3O2.ClH/c1-8(6-11-2)10(14)13(3)7-9-4-5-15-12-9;/h4-5,8,11H,6-7H2,1-3H3;1H. The molecule has 0 saturated heterocycles. The molecule has 16 heavy (non-hydrogen) atoms. The molecule has 1 amide bonds. The maximum atomic E-state index is 11.8. The van der Waals surface area contributed by atoms with Crippen molar-refractivity contribution in [2.75, 3.05) is 20.6 Å². The SMILES string of the molecule is CNCC(C)C(=O)N(C)Cc1ccon1.Cl. The van der Waals surface area contributed by atoms with Gasteiger partial charge in [-0.25, -0.2) is 0 Å². The van der Waals surface area contributed by atoms with Gasteiger partial charge in [0, 0.05) is 25.6 Å². The van der Waals surface area contributed by atoms with Crippen molar-refractivity contribution >= 4 is 18.3 Å². The van der Waals surface area contributed by atoms with Crippen molar-refractivity contribution in [3.05, 3.63) is 18.0 Å². The fourth-order valence-electron chi connectivity index (χ4n) is 1.41. The second-order valence-corrected chi connectivity index (χ2v) is 3.64. The summed E-state index contributed by atoms with van der Waals surface area (Å²) in [5, 5.41) is 6.74. The molecule has 0 saturated carbocycles. The van der Waals surface area contributed by atoms with Gasteiger partial charge in [-0.3, -0.25) is 4.79 Å². The quantitative estimate of drug-likeness (QED) is 0.840. The number of carbonyl (C=O) groups is 1. The van der Waals surface area contributed by atoms with Gasteiger partial charge in [0.1, 0.15) is 12.0 Å². The van der Waals surface area contributed by atoms with Gasteiger partial charge in [-0.1, -0.05) is 12.1 Å². The number of aromatic nitrogens is 1. The Labute approximate surface area is 102 Å². The first-order valence-electron chi connectivity index (χ1n) is 4.94. The van der Waals surface area contributed by atoms with Crippen LogP contribution in [0.1, 0.15) is 12.6 Å². The molecule has 1 aromatic heterocycles. The average molecular weight is 248 g/mol. The minimum Gasteiger partial charge on any atom is -0.364 e. The zero-order valence-corrected chi connectivity index (χ0v) is 10.6. The molecule has 1 unspecified atom stereocenters. The molecule has 92 valence electrons. The highest BCUT2D eigenvalue weighted by atomic mass is 35.5. The average Bonchev–Trinajstić information content (AvgIpc) is 2.69. The van der Waals surface area contributed by atoms with Crippen LogP contribution >= 0.6 is 12.4 Å². The number of carbonyl (C=O) groups excluding carboxylic acids is 1. The van der Waals surface area contributed by atoms with Gasteiger partial charge in [0.05, 0.1) is 6.54 Å². The normalized spacial score (nSPS) is 11.7. The molecule has 0 fully saturated rings. The third-order valence-electron chi connectivity index (χ3n) is 2.20. The van der Waals surface area contributed by atoms with Gasteiger partial charge in [-0.15, -0.1) is 12.4 Å².